The summed E-state index contributed by atoms with van der Waals surface area (Å²) in [6.45, 7) is 0. The van der Waals surface area contributed by atoms with Crippen LogP contribution < -0.4 is 18.9 Å². The van der Waals surface area contributed by atoms with Gasteiger partial charge in [0.2, 0.25) is 0 Å². The summed E-state index contributed by atoms with van der Waals surface area (Å²) in [7, 11) is 6.73. The van der Waals surface area contributed by atoms with Crippen LogP contribution in [0.1, 0.15) is 62.5 Å². The van der Waals surface area contributed by atoms with Crippen LogP contribution in [0.4, 0.5) is 0 Å². The van der Waals surface area contributed by atoms with E-state index in [1.807, 2.05) is 12.1 Å². The third-order valence-corrected chi connectivity index (χ3v) is 5.58. The van der Waals surface area contributed by atoms with Crippen LogP contribution in [0.5, 0.6) is 23.0 Å². The predicted molar refractivity (Wildman–Crippen MR) is 123 cm³/mol. The van der Waals surface area contributed by atoms with Crippen molar-refractivity contribution < 1.29 is 18.9 Å². The van der Waals surface area contributed by atoms with E-state index >= 15 is 0 Å². The summed E-state index contributed by atoms with van der Waals surface area (Å²) in [5.74, 6) is 3.24. The summed E-state index contributed by atoms with van der Waals surface area (Å²) < 4.78 is 21.4. The zero-order valence-corrected chi connectivity index (χ0v) is 19.2. The molecular formula is C26H38O4. The van der Waals surface area contributed by atoms with Gasteiger partial charge in [-0.05, 0) is 61.1 Å². The fourth-order valence-corrected chi connectivity index (χ4v) is 3.79. The Balaban J connectivity index is 1.51. The highest BCUT2D eigenvalue weighted by atomic mass is 16.5. The van der Waals surface area contributed by atoms with Crippen molar-refractivity contribution >= 4 is 0 Å². The molecule has 0 aliphatic carbocycles. The maximum Gasteiger partial charge on any atom is 0.160 e. The lowest BCUT2D eigenvalue weighted by atomic mass is 10.0. The highest BCUT2D eigenvalue weighted by molar-refractivity contribution is 5.43. The monoisotopic (exact) mass is 414 g/mol. The number of methoxy groups -OCH3 is 4. The van der Waals surface area contributed by atoms with Crippen LogP contribution in [0.2, 0.25) is 0 Å². The molecule has 0 heterocycles. The van der Waals surface area contributed by atoms with E-state index < -0.39 is 0 Å². The molecule has 0 unspecified atom stereocenters. The van der Waals surface area contributed by atoms with Crippen LogP contribution in [0.25, 0.3) is 0 Å². The molecule has 2 aromatic carbocycles. The van der Waals surface area contributed by atoms with Crippen molar-refractivity contribution in [2.75, 3.05) is 28.4 Å². The van der Waals surface area contributed by atoms with E-state index in [0.29, 0.717) is 0 Å². The van der Waals surface area contributed by atoms with Crippen LogP contribution in [-0.4, -0.2) is 28.4 Å². The van der Waals surface area contributed by atoms with Gasteiger partial charge in [-0.15, -0.1) is 0 Å². The van der Waals surface area contributed by atoms with Gasteiger partial charge < -0.3 is 18.9 Å². The third kappa shape index (κ3) is 7.81. The summed E-state index contributed by atoms with van der Waals surface area (Å²) in [6, 6.07) is 12.5. The van der Waals surface area contributed by atoms with E-state index in [2.05, 4.69) is 24.3 Å². The molecule has 0 atom stereocenters. The summed E-state index contributed by atoms with van der Waals surface area (Å²) in [5, 5.41) is 0. The Labute approximate surface area is 182 Å². The lowest BCUT2D eigenvalue weighted by molar-refractivity contribution is 0.354. The van der Waals surface area contributed by atoms with Gasteiger partial charge in [0.25, 0.3) is 0 Å². The van der Waals surface area contributed by atoms with E-state index in [9.17, 15) is 0 Å². The van der Waals surface area contributed by atoms with E-state index in [-0.39, 0.29) is 0 Å². The molecule has 0 saturated carbocycles. The maximum absolute atomic E-state index is 5.38. The molecule has 0 aliphatic rings. The first kappa shape index (κ1) is 23.9. The molecule has 4 nitrogen and oxygen atoms in total. The number of hydrogen-bond donors (Lipinski definition) is 0. The number of benzene rings is 2. The zero-order chi connectivity index (χ0) is 21.6. The van der Waals surface area contributed by atoms with Gasteiger partial charge in [0.15, 0.2) is 23.0 Å². The Morgan fingerprint density at radius 2 is 0.767 bits per heavy atom. The van der Waals surface area contributed by atoms with Crippen molar-refractivity contribution in [3.8, 4) is 23.0 Å². The van der Waals surface area contributed by atoms with Crippen molar-refractivity contribution in [3.05, 3.63) is 47.5 Å². The van der Waals surface area contributed by atoms with Gasteiger partial charge in [-0.25, -0.2) is 0 Å². The minimum Gasteiger partial charge on any atom is -0.493 e. The van der Waals surface area contributed by atoms with Gasteiger partial charge in [0, 0.05) is 0 Å². The molecule has 0 amide bonds. The van der Waals surface area contributed by atoms with E-state index in [4.69, 9.17) is 18.9 Å². The van der Waals surface area contributed by atoms with Crippen LogP contribution >= 0.6 is 0 Å². The Hall–Kier alpha value is -2.36. The Kier molecular flexibility index (Phi) is 11.0. The summed E-state index contributed by atoms with van der Waals surface area (Å²) in [4.78, 5) is 0. The molecule has 0 bridgehead atoms. The first-order valence-electron chi connectivity index (χ1n) is 11.1. The molecule has 2 rings (SSSR count). The molecule has 0 saturated heterocycles. The Morgan fingerprint density at radius 1 is 0.433 bits per heavy atom. The van der Waals surface area contributed by atoms with Crippen LogP contribution in [-0.2, 0) is 12.8 Å². The molecule has 30 heavy (non-hydrogen) atoms. The second-order valence-corrected chi connectivity index (χ2v) is 7.71. The number of rotatable bonds is 15. The van der Waals surface area contributed by atoms with Crippen LogP contribution in [0, 0.1) is 0 Å². The summed E-state index contributed by atoms with van der Waals surface area (Å²) in [6.07, 6.45) is 12.6. The minimum absolute atomic E-state index is 0.798. The molecule has 166 valence electrons. The average Bonchev–Trinajstić information content (AvgIpc) is 2.79. The SMILES string of the molecule is COc1ccc(CCCCCCCCCCc2ccc(OC)c(OC)c2)cc1OC. The summed E-state index contributed by atoms with van der Waals surface area (Å²) >= 11 is 0. The van der Waals surface area contributed by atoms with E-state index in [1.54, 1.807) is 28.4 Å². The largest absolute Gasteiger partial charge is 0.493 e. The lowest BCUT2D eigenvalue weighted by Gasteiger charge is -2.10. The Morgan fingerprint density at radius 3 is 1.10 bits per heavy atom. The van der Waals surface area contributed by atoms with Crippen molar-refractivity contribution in [1.82, 2.24) is 0 Å². The van der Waals surface area contributed by atoms with E-state index in [1.165, 1.54) is 62.5 Å². The molecule has 2 aromatic rings. The summed E-state index contributed by atoms with van der Waals surface area (Å²) in [5.41, 5.74) is 2.64. The van der Waals surface area contributed by atoms with Crippen molar-refractivity contribution in [2.24, 2.45) is 0 Å². The predicted octanol–water partition coefficient (Wildman–Crippen LogP) is 6.63. The quantitative estimate of drug-likeness (QED) is 0.307. The van der Waals surface area contributed by atoms with Gasteiger partial charge in [0.1, 0.15) is 0 Å². The molecular weight excluding hydrogens is 376 g/mol. The zero-order valence-electron chi connectivity index (χ0n) is 19.2. The highest BCUT2D eigenvalue weighted by Gasteiger charge is 2.05. The standard InChI is InChI=1S/C26H38O4/c1-27-23-17-15-21(19-25(23)29-3)13-11-9-7-5-6-8-10-12-14-22-16-18-24(28-2)26(20-22)30-4/h15-20H,5-14H2,1-4H3. The first-order valence-corrected chi connectivity index (χ1v) is 11.1. The van der Waals surface area contributed by atoms with Crippen molar-refractivity contribution in [2.45, 2.75) is 64.2 Å². The fourth-order valence-electron chi connectivity index (χ4n) is 3.79. The number of unbranched alkanes of at least 4 members (excludes halogenated alkanes) is 7. The van der Waals surface area contributed by atoms with E-state index in [0.717, 1.165) is 35.8 Å². The van der Waals surface area contributed by atoms with Crippen molar-refractivity contribution in [1.29, 1.82) is 0 Å². The highest BCUT2D eigenvalue weighted by Crippen LogP contribution is 2.29. The lowest BCUT2D eigenvalue weighted by Crippen LogP contribution is -1.93. The van der Waals surface area contributed by atoms with Gasteiger partial charge in [-0.1, -0.05) is 50.7 Å². The average molecular weight is 415 g/mol. The van der Waals surface area contributed by atoms with Crippen LogP contribution in [0.15, 0.2) is 36.4 Å². The fraction of sp³-hybridized carbons (Fsp3) is 0.538. The normalized spacial score (nSPS) is 10.7. The Bertz CT molecular complexity index is 678. The molecule has 0 aromatic heterocycles. The molecule has 0 N–H and O–H groups in total. The minimum atomic E-state index is 0.798. The molecule has 0 aliphatic heterocycles. The second-order valence-electron chi connectivity index (χ2n) is 7.71. The number of aryl methyl sites for hydroxylation is 2. The second kappa shape index (κ2) is 13.8. The number of hydrogen-bond acceptors (Lipinski definition) is 4. The van der Waals surface area contributed by atoms with Gasteiger partial charge in [-0.3, -0.25) is 0 Å². The topological polar surface area (TPSA) is 36.9 Å². The van der Waals surface area contributed by atoms with Gasteiger partial charge in [-0.2, -0.15) is 0 Å². The molecule has 4 heteroatoms. The number of ether oxygens (including phenoxy) is 4. The molecule has 0 spiro atoms. The smallest absolute Gasteiger partial charge is 0.160 e. The third-order valence-electron chi connectivity index (χ3n) is 5.58. The molecule has 0 fully saturated rings. The van der Waals surface area contributed by atoms with Gasteiger partial charge in [0.05, 0.1) is 28.4 Å². The molecule has 0 radical (unpaired) electrons. The van der Waals surface area contributed by atoms with Gasteiger partial charge >= 0.3 is 0 Å². The van der Waals surface area contributed by atoms with Crippen LogP contribution in [0.3, 0.4) is 0 Å². The maximum atomic E-state index is 5.38. The first-order chi connectivity index (χ1) is 14.7. The van der Waals surface area contributed by atoms with Crippen molar-refractivity contribution in [3.63, 3.8) is 0 Å².